The fraction of sp³-hybridized carbons (Fsp3) is 0.308. The van der Waals surface area contributed by atoms with E-state index in [1.165, 1.54) is 0 Å². The van der Waals surface area contributed by atoms with Gasteiger partial charge in [-0.25, -0.2) is 9.41 Å². The summed E-state index contributed by atoms with van der Waals surface area (Å²) in [5.74, 6) is 0. The lowest BCUT2D eigenvalue weighted by Crippen LogP contribution is -2.31. The Morgan fingerprint density at radius 1 is 1.10 bits per heavy atom. The Hall–Kier alpha value is -3.12. The van der Waals surface area contributed by atoms with Gasteiger partial charge in [0.2, 0.25) is 5.69 Å². The predicted molar refractivity (Wildman–Crippen MR) is 119 cm³/mol. The molecule has 0 amide bonds. The summed E-state index contributed by atoms with van der Waals surface area (Å²) in [5, 5.41) is 1.89. The highest BCUT2D eigenvalue weighted by molar-refractivity contribution is 6.11. The van der Waals surface area contributed by atoms with Crippen LogP contribution in [0.25, 0.3) is 38.0 Å². The third-order valence-corrected chi connectivity index (χ3v) is 5.20. The van der Waals surface area contributed by atoms with Crippen LogP contribution in [0.15, 0.2) is 47.0 Å². The number of rotatable bonds is 2. The second-order valence-corrected chi connectivity index (χ2v) is 8.63. The van der Waals surface area contributed by atoms with E-state index >= 15 is 0 Å². The Morgan fingerprint density at radius 2 is 1.79 bits per heavy atom. The van der Waals surface area contributed by atoms with Crippen molar-refractivity contribution in [1.29, 1.82) is 0 Å². The zero-order valence-electron chi connectivity index (χ0n) is 20.8. The van der Waals surface area contributed by atoms with E-state index < -0.39 is 11.8 Å². The molecule has 146 valence electrons. The lowest BCUT2D eigenvalue weighted by atomic mass is 9.88. The summed E-state index contributed by atoms with van der Waals surface area (Å²) in [4.78, 5) is 3.60. The van der Waals surface area contributed by atoms with E-state index in [9.17, 15) is 0 Å². The second kappa shape index (κ2) is 6.74. The van der Waals surface area contributed by atoms with Gasteiger partial charge in [-0.1, -0.05) is 45.0 Å². The van der Waals surface area contributed by atoms with Crippen molar-refractivity contribution in [1.82, 2.24) is 0 Å². The summed E-state index contributed by atoms with van der Waals surface area (Å²) in [5.41, 5.74) is 5.13. The Balaban J connectivity index is 2.10. The van der Waals surface area contributed by atoms with Crippen LogP contribution in [0.4, 0.5) is 5.69 Å². The SMILES string of the molecule is [2H]c1cc(C([2H])([2H])C(C)(C)C)cc(-c2c(C)ccc3c2oc2c(C)c([N+]#[C-])ccc23)[n+]1C. The number of hydrogen-bond acceptors (Lipinski definition) is 1. The van der Waals surface area contributed by atoms with Gasteiger partial charge in [-0.05, 0) is 42.3 Å². The topological polar surface area (TPSA) is 21.4 Å². The average Bonchev–Trinajstić information content (AvgIpc) is 3.09. The molecule has 4 rings (SSSR count). The molecule has 2 aromatic carbocycles. The van der Waals surface area contributed by atoms with E-state index in [0.29, 0.717) is 22.4 Å². The van der Waals surface area contributed by atoms with E-state index in [2.05, 4.69) is 4.85 Å². The smallest absolute Gasteiger partial charge is 0.216 e. The minimum absolute atomic E-state index is 0.226. The van der Waals surface area contributed by atoms with Gasteiger partial charge in [-0.2, -0.15) is 0 Å². The number of aromatic nitrogens is 1. The van der Waals surface area contributed by atoms with Crippen molar-refractivity contribution in [2.24, 2.45) is 12.5 Å². The maximum Gasteiger partial charge on any atom is 0.216 e. The van der Waals surface area contributed by atoms with E-state index in [1.807, 2.05) is 72.0 Å². The highest BCUT2D eigenvalue weighted by Crippen LogP contribution is 2.40. The predicted octanol–water partition coefficient (Wildman–Crippen LogP) is 6.83. The Kier molecular flexibility index (Phi) is 3.66. The molecular formula is C26H27N2O+. The van der Waals surface area contributed by atoms with Crippen LogP contribution in [0.5, 0.6) is 0 Å². The molecule has 0 saturated carbocycles. The molecule has 2 heterocycles. The highest BCUT2D eigenvalue weighted by Gasteiger charge is 2.23. The molecule has 2 aromatic heterocycles. The summed E-state index contributed by atoms with van der Waals surface area (Å²) < 4.78 is 34.2. The highest BCUT2D eigenvalue weighted by atomic mass is 16.3. The van der Waals surface area contributed by atoms with Crippen LogP contribution < -0.4 is 4.57 Å². The summed E-state index contributed by atoms with van der Waals surface area (Å²) in [6, 6.07) is 11.2. The number of fused-ring (bicyclic) bond motifs is 3. The van der Waals surface area contributed by atoms with Crippen molar-refractivity contribution in [3.8, 4) is 11.3 Å². The number of pyridine rings is 1. The molecule has 0 aliphatic heterocycles. The van der Waals surface area contributed by atoms with Crippen LogP contribution >= 0.6 is 0 Å². The fourth-order valence-electron chi connectivity index (χ4n) is 3.83. The van der Waals surface area contributed by atoms with Gasteiger partial charge < -0.3 is 4.42 Å². The normalized spacial score (nSPS) is 13.9. The van der Waals surface area contributed by atoms with Gasteiger partial charge in [0.25, 0.3) is 0 Å². The quantitative estimate of drug-likeness (QED) is 0.273. The molecule has 0 atom stereocenters. The van der Waals surface area contributed by atoms with E-state index in [4.69, 9.17) is 15.1 Å². The number of hydrogen-bond donors (Lipinski definition) is 0. The van der Waals surface area contributed by atoms with Crippen molar-refractivity contribution in [3.63, 3.8) is 0 Å². The summed E-state index contributed by atoms with van der Waals surface area (Å²) in [6.07, 6.45) is -1.40. The second-order valence-electron chi connectivity index (χ2n) is 8.63. The maximum atomic E-state index is 8.74. The van der Waals surface area contributed by atoms with Crippen LogP contribution in [0.2, 0.25) is 0 Å². The lowest BCUT2D eigenvalue weighted by molar-refractivity contribution is -0.660. The van der Waals surface area contributed by atoms with Gasteiger partial charge in [-0.3, -0.25) is 0 Å². The molecule has 0 aliphatic carbocycles. The number of furan rings is 1. The van der Waals surface area contributed by atoms with Crippen molar-refractivity contribution >= 4 is 27.6 Å². The van der Waals surface area contributed by atoms with Gasteiger partial charge in [-0.15, -0.1) is 0 Å². The summed E-state index contributed by atoms with van der Waals surface area (Å²) >= 11 is 0. The third-order valence-electron chi connectivity index (χ3n) is 5.20. The number of nitrogens with zero attached hydrogens (tertiary/aromatic N) is 2. The minimum Gasteiger partial charge on any atom is -0.456 e. The first-order chi connectivity index (χ1) is 14.9. The average molecular weight is 387 g/mol. The van der Waals surface area contributed by atoms with Crippen LogP contribution in [0.3, 0.4) is 0 Å². The third kappa shape index (κ3) is 3.29. The molecule has 0 N–H and O–H groups in total. The van der Waals surface area contributed by atoms with Crippen LogP contribution in [0.1, 0.15) is 41.6 Å². The molecule has 3 heteroatoms. The molecular weight excluding hydrogens is 356 g/mol. The first-order valence-electron chi connectivity index (χ1n) is 11.2. The molecule has 0 unspecified atom stereocenters. The number of aryl methyl sites for hydroxylation is 2. The van der Waals surface area contributed by atoms with Gasteiger partial charge in [0.05, 0.1) is 12.1 Å². The molecule has 0 spiro atoms. The molecule has 0 radical (unpaired) electrons. The van der Waals surface area contributed by atoms with Gasteiger partial charge >= 0.3 is 0 Å². The molecule has 0 aliphatic rings. The van der Waals surface area contributed by atoms with E-state index in [0.717, 1.165) is 33.2 Å². The molecule has 0 fully saturated rings. The van der Waals surface area contributed by atoms with Crippen LogP contribution in [-0.4, -0.2) is 0 Å². The van der Waals surface area contributed by atoms with E-state index in [1.54, 1.807) is 10.6 Å². The van der Waals surface area contributed by atoms with Crippen molar-refractivity contribution in [2.75, 3.05) is 0 Å². The van der Waals surface area contributed by atoms with Crippen molar-refractivity contribution < 1.29 is 13.1 Å². The monoisotopic (exact) mass is 386 g/mol. The molecule has 0 bridgehead atoms. The first kappa shape index (κ1) is 15.8. The van der Waals surface area contributed by atoms with Gasteiger partial charge in [0.1, 0.15) is 19.6 Å². The van der Waals surface area contributed by atoms with Crippen LogP contribution in [0, 0.1) is 25.8 Å². The molecule has 4 aromatic rings. The Bertz CT molecular complexity index is 1440. The molecule has 3 nitrogen and oxygen atoms in total. The summed E-state index contributed by atoms with van der Waals surface area (Å²) in [6.45, 7) is 16.9. The maximum absolute atomic E-state index is 8.74. The first-order valence-corrected chi connectivity index (χ1v) is 9.73. The van der Waals surface area contributed by atoms with Crippen molar-refractivity contribution in [3.05, 3.63) is 70.7 Å². The van der Waals surface area contributed by atoms with Gasteiger partial charge in [0.15, 0.2) is 11.9 Å². The zero-order chi connectivity index (χ0) is 23.6. The van der Waals surface area contributed by atoms with Crippen molar-refractivity contribution in [2.45, 2.75) is 41.0 Å². The minimum atomic E-state index is -1.62. The Labute approximate surface area is 176 Å². The fourth-order valence-corrected chi connectivity index (χ4v) is 3.83. The molecule has 29 heavy (non-hydrogen) atoms. The Morgan fingerprint density at radius 3 is 2.48 bits per heavy atom. The van der Waals surface area contributed by atoms with E-state index in [-0.39, 0.29) is 6.17 Å². The summed E-state index contributed by atoms with van der Waals surface area (Å²) in [7, 11) is 1.82. The standard InChI is InChI=1S/C26H27N2O/c1-16-8-9-20-19-10-11-21(27-6)17(2)24(19)29-25(20)23(16)22-14-18(12-13-28(22)7)15-26(3,4)5/h8-14H,15H2,1-5,7H3/q+1/i13D,15D2. The largest absolute Gasteiger partial charge is 0.456 e. The van der Waals surface area contributed by atoms with Crippen LogP contribution in [-0.2, 0) is 13.4 Å². The zero-order valence-corrected chi connectivity index (χ0v) is 17.8. The van der Waals surface area contributed by atoms with Gasteiger partial charge in [0, 0.05) is 25.6 Å². The molecule has 0 saturated heterocycles. The lowest BCUT2D eigenvalue weighted by Gasteiger charge is -2.18. The number of benzene rings is 2.